The molecule has 0 radical (unpaired) electrons. The Balaban J connectivity index is 1.36. The number of anilines is 2. The van der Waals surface area contributed by atoms with Gasteiger partial charge in [0, 0.05) is 20.1 Å². The van der Waals surface area contributed by atoms with E-state index < -0.39 is 6.04 Å². The summed E-state index contributed by atoms with van der Waals surface area (Å²) in [5, 5.41) is 5.99. The summed E-state index contributed by atoms with van der Waals surface area (Å²) >= 11 is 0. The third-order valence-electron chi connectivity index (χ3n) is 5.83. The number of ether oxygens (including phenoxy) is 1. The minimum atomic E-state index is -0.413. The number of rotatable bonds is 5. The number of benzene rings is 2. The fourth-order valence-corrected chi connectivity index (χ4v) is 4.10. The summed E-state index contributed by atoms with van der Waals surface area (Å²) < 4.78 is 7.41. The number of aryl methyl sites for hydroxylation is 1. The maximum atomic E-state index is 13.0. The van der Waals surface area contributed by atoms with Crippen molar-refractivity contribution in [2.75, 3.05) is 36.5 Å². The van der Waals surface area contributed by atoms with Crippen molar-refractivity contribution >= 4 is 28.6 Å². The number of nitrogens with zero attached hydrogens (tertiary/aromatic N) is 4. The van der Waals surface area contributed by atoms with Crippen molar-refractivity contribution in [3.8, 4) is 0 Å². The molecule has 1 unspecified atom stereocenters. The van der Waals surface area contributed by atoms with Crippen LogP contribution < -0.4 is 15.5 Å². The van der Waals surface area contributed by atoms with Gasteiger partial charge in [-0.15, -0.1) is 0 Å². The van der Waals surface area contributed by atoms with Gasteiger partial charge in [-0.2, -0.15) is 0 Å². The Morgan fingerprint density at radius 2 is 1.76 bits per heavy atom. The van der Waals surface area contributed by atoms with E-state index in [1.54, 1.807) is 6.20 Å². The lowest BCUT2D eigenvalue weighted by Gasteiger charge is -2.27. The molecule has 1 fully saturated rings. The van der Waals surface area contributed by atoms with Gasteiger partial charge in [-0.05, 0) is 29.8 Å². The minimum Gasteiger partial charge on any atom is -0.378 e. The second kappa shape index (κ2) is 9.30. The van der Waals surface area contributed by atoms with Crippen molar-refractivity contribution in [3.05, 3.63) is 84.3 Å². The number of fused-ring (bicyclic) bond motifs is 1. The number of pyridine rings is 1. The Morgan fingerprint density at radius 1 is 1.00 bits per heavy atom. The average molecular weight is 443 g/mol. The Kier molecular flexibility index (Phi) is 5.91. The number of carbonyl (C=O) groups excluding carboxylic acids is 1. The molecule has 2 amide bonds. The van der Waals surface area contributed by atoms with Gasteiger partial charge in [0.15, 0.2) is 0 Å². The molecular weight excluding hydrogens is 416 g/mol. The zero-order valence-corrected chi connectivity index (χ0v) is 18.4. The van der Waals surface area contributed by atoms with E-state index in [-0.39, 0.29) is 6.03 Å². The van der Waals surface area contributed by atoms with Crippen LogP contribution >= 0.6 is 0 Å². The van der Waals surface area contributed by atoms with Crippen molar-refractivity contribution in [2.24, 2.45) is 7.05 Å². The molecule has 0 spiro atoms. The van der Waals surface area contributed by atoms with Gasteiger partial charge in [-0.25, -0.2) is 14.8 Å². The van der Waals surface area contributed by atoms with Gasteiger partial charge in [-0.3, -0.25) is 0 Å². The lowest BCUT2D eigenvalue weighted by atomic mass is 10.1. The largest absolute Gasteiger partial charge is 0.378 e. The molecule has 2 N–H and O–H groups in total. The third-order valence-corrected chi connectivity index (χ3v) is 5.83. The highest BCUT2D eigenvalue weighted by Crippen LogP contribution is 2.25. The molecule has 2 aromatic carbocycles. The van der Waals surface area contributed by atoms with Crippen LogP contribution in [0.2, 0.25) is 0 Å². The van der Waals surface area contributed by atoms with Crippen molar-refractivity contribution < 1.29 is 9.53 Å². The highest BCUT2D eigenvalue weighted by Gasteiger charge is 2.23. The molecule has 2 aromatic heterocycles. The maximum absolute atomic E-state index is 13.0. The minimum absolute atomic E-state index is 0.322. The number of hydrogen-bond donors (Lipinski definition) is 2. The van der Waals surface area contributed by atoms with Gasteiger partial charge in [0.1, 0.15) is 17.7 Å². The molecule has 1 atom stereocenters. The molecule has 8 nitrogen and oxygen atoms in total. The Labute approximate surface area is 192 Å². The van der Waals surface area contributed by atoms with Crippen molar-refractivity contribution in [3.63, 3.8) is 0 Å². The van der Waals surface area contributed by atoms with E-state index in [4.69, 9.17) is 9.72 Å². The fraction of sp³-hybridized carbons (Fsp3) is 0.240. The topological polar surface area (TPSA) is 84.3 Å². The predicted octanol–water partition coefficient (Wildman–Crippen LogP) is 3.72. The molecule has 0 bridgehead atoms. The molecule has 8 heteroatoms. The normalized spacial score (nSPS) is 14.8. The fourth-order valence-electron chi connectivity index (χ4n) is 4.10. The van der Waals surface area contributed by atoms with Gasteiger partial charge in [0.2, 0.25) is 0 Å². The van der Waals surface area contributed by atoms with Crippen molar-refractivity contribution in [2.45, 2.75) is 6.04 Å². The Morgan fingerprint density at radius 3 is 2.48 bits per heavy atom. The van der Waals surface area contributed by atoms with Crippen molar-refractivity contribution in [1.82, 2.24) is 19.9 Å². The molecule has 168 valence electrons. The number of urea groups is 1. The van der Waals surface area contributed by atoms with E-state index in [1.807, 2.05) is 78.3 Å². The molecule has 1 saturated heterocycles. The first-order valence-corrected chi connectivity index (χ1v) is 11.0. The van der Waals surface area contributed by atoms with E-state index in [9.17, 15) is 4.79 Å². The number of hydrogen-bond acceptors (Lipinski definition) is 5. The molecule has 0 saturated carbocycles. The summed E-state index contributed by atoms with van der Waals surface area (Å²) in [5.41, 5.74) is 3.48. The smallest absolute Gasteiger partial charge is 0.320 e. The van der Waals surface area contributed by atoms with Gasteiger partial charge >= 0.3 is 6.03 Å². The quantitative estimate of drug-likeness (QED) is 0.492. The van der Waals surface area contributed by atoms with Crippen LogP contribution in [-0.2, 0) is 11.8 Å². The standard InChI is InChI=1S/C25H26N6O2/c1-30-21-10-6-5-9-20(21)28-24(30)23(18-7-3-2-4-8-18)29-25(32)27-19-11-12-22(26-17-19)31-13-15-33-16-14-31/h2-12,17,23H,13-16H2,1H3,(H2,27,29,32). The number of imidazole rings is 1. The molecule has 4 aromatic rings. The number of aromatic nitrogens is 3. The van der Waals surface area contributed by atoms with Crippen molar-refractivity contribution in [1.29, 1.82) is 0 Å². The van der Waals surface area contributed by atoms with E-state index >= 15 is 0 Å². The monoisotopic (exact) mass is 442 g/mol. The number of para-hydroxylation sites is 2. The molecule has 0 aliphatic carbocycles. The Bertz CT molecular complexity index is 1230. The predicted molar refractivity (Wildman–Crippen MR) is 128 cm³/mol. The second-order valence-corrected chi connectivity index (χ2v) is 7.96. The van der Waals surface area contributed by atoms with E-state index in [2.05, 4.69) is 20.5 Å². The van der Waals surface area contributed by atoms with Crippen LogP contribution in [0, 0.1) is 0 Å². The second-order valence-electron chi connectivity index (χ2n) is 7.96. The van der Waals surface area contributed by atoms with Crippen LogP contribution in [0.5, 0.6) is 0 Å². The summed E-state index contributed by atoms with van der Waals surface area (Å²) in [6, 6.07) is 20.8. The van der Waals surface area contributed by atoms with Gasteiger partial charge in [0.05, 0.1) is 36.1 Å². The molecule has 1 aliphatic rings. The van der Waals surface area contributed by atoms with E-state index in [1.165, 1.54) is 0 Å². The third kappa shape index (κ3) is 4.51. The van der Waals surface area contributed by atoms with Crippen LogP contribution in [0.4, 0.5) is 16.3 Å². The number of morpholine rings is 1. The zero-order valence-electron chi connectivity index (χ0n) is 18.4. The number of amides is 2. The summed E-state index contributed by atoms with van der Waals surface area (Å²) in [7, 11) is 1.97. The van der Waals surface area contributed by atoms with Gasteiger partial charge < -0.3 is 24.8 Å². The van der Waals surface area contributed by atoms with Crippen LogP contribution in [-0.4, -0.2) is 46.9 Å². The number of carbonyl (C=O) groups is 1. The summed E-state index contributed by atoms with van der Waals surface area (Å²) in [4.78, 5) is 24.4. The lowest BCUT2D eigenvalue weighted by molar-refractivity contribution is 0.122. The van der Waals surface area contributed by atoms with Crippen LogP contribution in [0.25, 0.3) is 11.0 Å². The molecule has 1 aliphatic heterocycles. The van der Waals surface area contributed by atoms with E-state index in [0.29, 0.717) is 18.9 Å². The molecule has 3 heterocycles. The first-order valence-electron chi connectivity index (χ1n) is 11.0. The summed E-state index contributed by atoms with van der Waals surface area (Å²) in [6.45, 7) is 3.04. The van der Waals surface area contributed by atoms with Gasteiger partial charge in [0.25, 0.3) is 0 Å². The summed E-state index contributed by atoms with van der Waals surface area (Å²) in [6.07, 6.45) is 1.68. The molecule has 5 rings (SSSR count). The van der Waals surface area contributed by atoms with Crippen LogP contribution in [0.15, 0.2) is 72.9 Å². The molecule has 33 heavy (non-hydrogen) atoms. The number of nitrogens with one attached hydrogen (secondary N) is 2. The highest BCUT2D eigenvalue weighted by molar-refractivity contribution is 5.89. The Hall–Kier alpha value is -3.91. The van der Waals surface area contributed by atoms with Crippen LogP contribution in [0.1, 0.15) is 17.4 Å². The zero-order chi connectivity index (χ0) is 22.6. The van der Waals surface area contributed by atoms with Crippen LogP contribution in [0.3, 0.4) is 0 Å². The first kappa shape index (κ1) is 21.0. The highest BCUT2D eigenvalue weighted by atomic mass is 16.5. The SMILES string of the molecule is Cn1c(C(NC(=O)Nc2ccc(N3CCOCC3)nc2)c2ccccc2)nc2ccccc21. The van der Waals surface area contributed by atoms with Gasteiger partial charge in [-0.1, -0.05) is 42.5 Å². The molecular formula is C25H26N6O2. The maximum Gasteiger partial charge on any atom is 0.320 e. The summed E-state index contributed by atoms with van der Waals surface area (Å²) in [5.74, 6) is 1.64. The first-order chi connectivity index (χ1) is 16.2. The van der Waals surface area contributed by atoms with E-state index in [0.717, 1.165) is 41.3 Å². The lowest BCUT2D eigenvalue weighted by Crippen LogP contribution is -2.36. The average Bonchev–Trinajstić information content (AvgIpc) is 3.20.